The van der Waals surface area contributed by atoms with Crippen LogP contribution >= 0.6 is 0 Å². The van der Waals surface area contributed by atoms with E-state index in [-0.39, 0.29) is 0 Å². The van der Waals surface area contributed by atoms with E-state index in [2.05, 4.69) is 13.0 Å². The van der Waals surface area contributed by atoms with E-state index in [9.17, 15) is 4.79 Å². The molecule has 0 aliphatic carbocycles. The van der Waals surface area contributed by atoms with Crippen molar-refractivity contribution >= 4 is 22.8 Å². The Labute approximate surface area is 192 Å². The lowest BCUT2D eigenvalue weighted by Gasteiger charge is -2.18. The molecule has 0 unspecified atom stereocenters. The Morgan fingerprint density at radius 1 is 0.818 bits per heavy atom. The second-order valence-electron chi connectivity index (χ2n) is 7.56. The fourth-order valence-electron chi connectivity index (χ4n) is 3.77. The van der Waals surface area contributed by atoms with Gasteiger partial charge in [0.1, 0.15) is 23.0 Å². The van der Waals surface area contributed by atoms with Crippen LogP contribution in [0.5, 0.6) is 23.0 Å². The van der Waals surface area contributed by atoms with Crippen molar-refractivity contribution < 1.29 is 24.1 Å². The third-order valence-corrected chi connectivity index (χ3v) is 5.39. The number of carboxylic acid groups (broad SMARTS) is 1. The third-order valence-electron chi connectivity index (χ3n) is 5.39. The molecule has 5 nitrogen and oxygen atoms in total. The van der Waals surface area contributed by atoms with Gasteiger partial charge in [-0.2, -0.15) is 0 Å². The van der Waals surface area contributed by atoms with Crippen LogP contribution in [-0.2, 0) is 4.79 Å². The molecule has 0 saturated carbocycles. The van der Waals surface area contributed by atoms with E-state index in [0.29, 0.717) is 5.75 Å². The number of ether oxygens (including phenoxy) is 3. The lowest BCUT2D eigenvalue weighted by atomic mass is 9.94. The molecule has 0 spiro atoms. The predicted octanol–water partition coefficient (Wildman–Crippen LogP) is 6.72. The monoisotopic (exact) mass is 440 g/mol. The fourth-order valence-corrected chi connectivity index (χ4v) is 3.77. The van der Waals surface area contributed by atoms with Crippen LogP contribution in [0.25, 0.3) is 28.0 Å². The van der Waals surface area contributed by atoms with Crippen molar-refractivity contribution in [1.29, 1.82) is 0 Å². The summed E-state index contributed by atoms with van der Waals surface area (Å²) < 4.78 is 17.2. The van der Waals surface area contributed by atoms with Gasteiger partial charge in [-0.3, -0.25) is 0 Å². The Balaban J connectivity index is 1.83. The van der Waals surface area contributed by atoms with Gasteiger partial charge in [-0.1, -0.05) is 30.3 Å². The first-order valence-corrected chi connectivity index (χ1v) is 10.4. The normalized spacial score (nSPS) is 11.0. The molecule has 0 heterocycles. The molecule has 0 bridgehead atoms. The van der Waals surface area contributed by atoms with E-state index >= 15 is 0 Å². The number of carbonyl (C=O) groups is 1. The molecule has 4 aromatic rings. The van der Waals surface area contributed by atoms with E-state index in [1.54, 1.807) is 20.3 Å². The van der Waals surface area contributed by atoms with Crippen LogP contribution in [0, 0.1) is 6.92 Å². The van der Waals surface area contributed by atoms with Gasteiger partial charge in [0, 0.05) is 17.0 Å². The molecule has 0 aromatic heterocycles. The van der Waals surface area contributed by atoms with Crippen molar-refractivity contribution in [2.45, 2.75) is 6.92 Å². The standard InChI is InChI=1S/C28H24O5/c1-18-16-21-17-24(32-3)13-14-25(21)28(27(18)20-7-11-22(31-2)12-8-20)33-23-9-4-19(5-10-23)6-15-26(29)30/h4-17H,1-3H3,(H,29,30)/b15-6+. The summed E-state index contributed by atoms with van der Waals surface area (Å²) in [6.07, 6.45) is 2.66. The van der Waals surface area contributed by atoms with E-state index in [4.69, 9.17) is 19.3 Å². The fraction of sp³-hybridized carbons (Fsp3) is 0.107. The summed E-state index contributed by atoms with van der Waals surface area (Å²) in [6.45, 7) is 2.06. The Morgan fingerprint density at radius 2 is 1.45 bits per heavy atom. The number of aliphatic carboxylic acids is 1. The van der Waals surface area contributed by atoms with Crippen LogP contribution in [0.4, 0.5) is 0 Å². The minimum Gasteiger partial charge on any atom is -0.497 e. The highest BCUT2D eigenvalue weighted by Gasteiger charge is 2.16. The summed E-state index contributed by atoms with van der Waals surface area (Å²) in [6, 6.07) is 23.2. The quantitative estimate of drug-likeness (QED) is 0.323. The van der Waals surface area contributed by atoms with Crippen LogP contribution in [0.2, 0.25) is 0 Å². The van der Waals surface area contributed by atoms with Crippen LogP contribution in [0.3, 0.4) is 0 Å². The number of methoxy groups -OCH3 is 2. The van der Waals surface area contributed by atoms with Crippen LogP contribution in [0.1, 0.15) is 11.1 Å². The molecule has 4 rings (SSSR count). The molecule has 0 fully saturated rings. The van der Waals surface area contributed by atoms with Gasteiger partial charge in [-0.25, -0.2) is 4.79 Å². The van der Waals surface area contributed by atoms with Crippen molar-refractivity contribution in [2.24, 2.45) is 0 Å². The smallest absolute Gasteiger partial charge is 0.328 e. The molecule has 0 radical (unpaired) electrons. The van der Waals surface area contributed by atoms with Gasteiger partial charge >= 0.3 is 5.97 Å². The van der Waals surface area contributed by atoms with Gasteiger partial charge in [0.2, 0.25) is 0 Å². The molecule has 4 aromatic carbocycles. The van der Waals surface area contributed by atoms with E-state index in [0.717, 1.165) is 56.4 Å². The molecule has 0 aliphatic heterocycles. The maximum Gasteiger partial charge on any atom is 0.328 e. The molecular weight excluding hydrogens is 416 g/mol. The second kappa shape index (κ2) is 9.49. The highest BCUT2D eigenvalue weighted by Crippen LogP contribution is 2.43. The number of benzene rings is 4. The van der Waals surface area contributed by atoms with Crippen molar-refractivity contribution in [1.82, 2.24) is 0 Å². The number of hydrogen-bond acceptors (Lipinski definition) is 4. The maximum atomic E-state index is 10.8. The molecule has 1 N–H and O–H groups in total. The zero-order chi connectivity index (χ0) is 23.4. The minimum atomic E-state index is -0.985. The van der Waals surface area contributed by atoms with Gasteiger partial charge in [0.05, 0.1) is 14.2 Å². The molecule has 166 valence electrons. The van der Waals surface area contributed by atoms with Crippen molar-refractivity contribution in [2.75, 3.05) is 14.2 Å². The van der Waals surface area contributed by atoms with Gasteiger partial charge in [0.15, 0.2) is 0 Å². The topological polar surface area (TPSA) is 65.0 Å². The van der Waals surface area contributed by atoms with Crippen LogP contribution in [0.15, 0.2) is 78.9 Å². The second-order valence-corrected chi connectivity index (χ2v) is 7.56. The van der Waals surface area contributed by atoms with Gasteiger partial charge in [-0.15, -0.1) is 0 Å². The molecule has 5 heteroatoms. The molecule has 0 aliphatic rings. The zero-order valence-electron chi connectivity index (χ0n) is 18.7. The van der Waals surface area contributed by atoms with Crippen molar-refractivity contribution in [3.8, 4) is 34.1 Å². The van der Waals surface area contributed by atoms with Gasteiger partial charge < -0.3 is 19.3 Å². The van der Waals surface area contributed by atoms with Gasteiger partial charge in [-0.05, 0) is 77.5 Å². The highest BCUT2D eigenvalue weighted by atomic mass is 16.5. The molecular formula is C28H24O5. The first-order valence-electron chi connectivity index (χ1n) is 10.4. The summed E-state index contributed by atoms with van der Waals surface area (Å²) in [4.78, 5) is 10.8. The Hall–Kier alpha value is -4.25. The largest absolute Gasteiger partial charge is 0.497 e. The summed E-state index contributed by atoms with van der Waals surface area (Å²) in [5.41, 5.74) is 3.85. The molecule has 0 atom stereocenters. The number of carboxylic acids is 1. The molecule has 0 amide bonds. The highest BCUT2D eigenvalue weighted by molar-refractivity contribution is 5.97. The van der Waals surface area contributed by atoms with Crippen molar-refractivity contribution in [3.05, 3.63) is 90.0 Å². The number of hydrogen-bond donors (Lipinski definition) is 1. The maximum absolute atomic E-state index is 10.8. The van der Waals surface area contributed by atoms with E-state index in [1.807, 2.05) is 66.7 Å². The summed E-state index contributed by atoms with van der Waals surface area (Å²) in [5.74, 6) is 1.97. The van der Waals surface area contributed by atoms with Crippen LogP contribution in [-0.4, -0.2) is 25.3 Å². The number of rotatable bonds is 7. The van der Waals surface area contributed by atoms with Crippen LogP contribution < -0.4 is 14.2 Å². The predicted molar refractivity (Wildman–Crippen MR) is 130 cm³/mol. The minimum absolute atomic E-state index is 0.653. The van der Waals surface area contributed by atoms with Crippen molar-refractivity contribution in [3.63, 3.8) is 0 Å². The SMILES string of the molecule is COc1ccc(-c2c(C)cc3cc(OC)ccc3c2Oc2ccc(/C=C/C(=O)O)cc2)cc1. The lowest BCUT2D eigenvalue weighted by molar-refractivity contribution is -0.131. The first-order chi connectivity index (χ1) is 16.0. The average Bonchev–Trinajstić information content (AvgIpc) is 2.83. The Morgan fingerprint density at radius 3 is 2.09 bits per heavy atom. The molecule has 0 saturated heterocycles. The first kappa shape index (κ1) is 22.0. The van der Waals surface area contributed by atoms with E-state index in [1.165, 1.54) is 0 Å². The summed E-state index contributed by atoms with van der Waals surface area (Å²) in [7, 11) is 3.30. The Kier molecular flexibility index (Phi) is 6.31. The Bertz CT molecular complexity index is 1320. The molecule has 33 heavy (non-hydrogen) atoms. The zero-order valence-corrected chi connectivity index (χ0v) is 18.7. The summed E-state index contributed by atoms with van der Waals surface area (Å²) in [5, 5.41) is 10.8. The van der Waals surface area contributed by atoms with E-state index < -0.39 is 5.97 Å². The van der Waals surface area contributed by atoms with Gasteiger partial charge in [0.25, 0.3) is 0 Å². The lowest BCUT2D eigenvalue weighted by Crippen LogP contribution is -1.95. The third kappa shape index (κ3) is 4.83. The summed E-state index contributed by atoms with van der Waals surface area (Å²) >= 11 is 0. The average molecular weight is 440 g/mol. The number of aryl methyl sites for hydroxylation is 1. The number of fused-ring (bicyclic) bond motifs is 1.